The Morgan fingerprint density at radius 1 is 1.33 bits per heavy atom. The molecule has 0 spiro atoms. The van der Waals surface area contributed by atoms with Gasteiger partial charge in [-0.1, -0.05) is 6.92 Å². The highest BCUT2D eigenvalue weighted by Gasteiger charge is 2.04. The van der Waals surface area contributed by atoms with E-state index in [1.54, 1.807) is 12.3 Å². The van der Waals surface area contributed by atoms with Crippen LogP contribution in [0.2, 0.25) is 0 Å². The summed E-state index contributed by atoms with van der Waals surface area (Å²) in [6.45, 7) is 2.09. The summed E-state index contributed by atoms with van der Waals surface area (Å²) >= 11 is 0. The summed E-state index contributed by atoms with van der Waals surface area (Å²) in [5.74, 6) is 0.478. The number of hydrogen-bond acceptors (Lipinski definition) is 2. The Balaban J connectivity index is 2.40. The van der Waals surface area contributed by atoms with Crippen molar-refractivity contribution in [1.29, 1.82) is 0 Å². The minimum Gasteiger partial charge on any atom is -0.304 e. The third-order valence-corrected chi connectivity index (χ3v) is 2.18. The van der Waals surface area contributed by atoms with Gasteiger partial charge in [-0.3, -0.25) is 0 Å². The lowest BCUT2D eigenvalue weighted by atomic mass is 10.3. The standard InChI is InChI=1S/C11H12FN3/c1-2-3-11-14-6-7-15(11)9-4-5-13-10(12)8-9/h4-8H,2-3H2,1H3. The van der Waals surface area contributed by atoms with E-state index in [1.807, 2.05) is 10.8 Å². The second-order valence-corrected chi connectivity index (χ2v) is 3.30. The predicted molar refractivity (Wildman–Crippen MR) is 55.3 cm³/mol. The molecule has 0 aromatic carbocycles. The molecule has 2 rings (SSSR count). The van der Waals surface area contributed by atoms with Gasteiger partial charge >= 0.3 is 0 Å². The van der Waals surface area contributed by atoms with Gasteiger partial charge < -0.3 is 4.57 Å². The fraction of sp³-hybridized carbons (Fsp3) is 0.273. The van der Waals surface area contributed by atoms with Gasteiger partial charge in [0.2, 0.25) is 5.95 Å². The molecule has 0 aliphatic carbocycles. The van der Waals surface area contributed by atoms with Gasteiger partial charge in [-0.05, 0) is 12.5 Å². The molecule has 0 saturated heterocycles. The molecule has 0 radical (unpaired) electrons. The van der Waals surface area contributed by atoms with Gasteiger partial charge in [0, 0.05) is 31.1 Å². The molecular weight excluding hydrogens is 193 g/mol. The van der Waals surface area contributed by atoms with Crippen LogP contribution in [0.5, 0.6) is 0 Å². The van der Waals surface area contributed by atoms with E-state index in [4.69, 9.17) is 0 Å². The Bertz CT molecular complexity index is 451. The van der Waals surface area contributed by atoms with E-state index in [2.05, 4.69) is 16.9 Å². The quantitative estimate of drug-likeness (QED) is 0.720. The number of nitrogens with zero attached hydrogens (tertiary/aromatic N) is 3. The zero-order chi connectivity index (χ0) is 10.7. The number of halogens is 1. The average Bonchev–Trinajstić information content (AvgIpc) is 2.66. The molecule has 0 fully saturated rings. The lowest BCUT2D eigenvalue weighted by Crippen LogP contribution is -2.00. The molecule has 78 valence electrons. The van der Waals surface area contributed by atoms with Crippen LogP contribution in [0.4, 0.5) is 4.39 Å². The van der Waals surface area contributed by atoms with Crippen molar-refractivity contribution in [2.75, 3.05) is 0 Å². The molecule has 4 heteroatoms. The molecule has 0 bridgehead atoms. The van der Waals surface area contributed by atoms with Crippen LogP contribution >= 0.6 is 0 Å². The molecule has 2 heterocycles. The molecule has 0 N–H and O–H groups in total. The smallest absolute Gasteiger partial charge is 0.214 e. The Hall–Kier alpha value is -1.71. The van der Waals surface area contributed by atoms with E-state index < -0.39 is 5.95 Å². The highest BCUT2D eigenvalue weighted by atomic mass is 19.1. The molecule has 0 aliphatic rings. The van der Waals surface area contributed by atoms with Crippen molar-refractivity contribution in [2.45, 2.75) is 19.8 Å². The Morgan fingerprint density at radius 3 is 2.93 bits per heavy atom. The molecular formula is C11H12FN3. The fourth-order valence-corrected chi connectivity index (χ4v) is 1.52. The SMILES string of the molecule is CCCc1nccn1-c1ccnc(F)c1. The average molecular weight is 205 g/mol. The number of pyridine rings is 1. The van der Waals surface area contributed by atoms with Gasteiger partial charge in [0.05, 0.1) is 5.69 Å². The Labute approximate surface area is 87.6 Å². The highest BCUT2D eigenvalue weighted by Crippen LogP contribution is 2.11. The highest BCUT2D eigenvalue weighted by molar-refractivity contribution is 5.31. The van der Waals surface area contributed by atoms with Crippen LogP contribution in [0, 0.1) is 5.95 Å². The predicted octanol–water partition coefficient (Wildman–Crippen LogP) is 2.36. The molecule has 0 saturated carbocycles. The number of imidazole rings is 1. The lowest BCUT2D eigenvalue weighted by Gasteiger charge is -2.06. The zero-order valence-corrected chi connectivity index (χ0v) is 8.52. The van der Waals surface area contributed by atoms with Crippen LogP contribution in [0.25, 0.3) is 5.69 Å². The van der Waals surface area contributed by atoms with Crippen molar-refractivity contribution in [2.24, 2.45) is 0 Å². The monoisotopic (exact) mass is 205 g/mol. The van der Waals surface area contributed by atoms with Crippen molar-refractivity contribution in [3.63, 3.8) is 0 Å². The van der Waals surface area contributed by atoms with Crippen LogP contribution in [0.1, 0.15) is 19.2 Å². The van der Waals surface area contributed by atoms with E-state index in [9.17, 15) is 4.39 Å². The summed E-state index contributed by atoms with van der Waals surface area (Å²) in [6.07, 6.45) is 6.92. The van der Waals surface area contributed by atoms with E-state index in [-0.39, 0.29) is 0 Å². The first-order chi connectivity index (χ1) is 7.31. The van der Waals surface area contributed by atoms with Crippen molar-refractivity contribution in [3.8, 4) is 5.69 Å². The van der Waals surface area contributed by atoms with E-state index >= 15 is 0 Å². The van der Waals surface area contributed by atoms with Gasteiger partial charge in [-0.15, -0.1) is 0 Å². The first-order valence-corrected chi connectivity index (χ1v) is 4.95. The van der Waals surface area contributed by atoms with Crippen LogP contribution in [-0.4, -0.2) is 14.5 Å². The van der Waals surface area contributed by atoms with Gasteiger partial charge in [0.25, 0.3) is 0 Å². The summed E-state index contributed by atoms with van der Waals surface area (Å²) in [4.78, 5) is 7.76. The third kappa shape index (κ3) is 2.03. The lowest BCUT2D eigenvalue weighted by molar-refractivity contribution is 0.582. The van der Waals surface area contributed by atoms with Crippen molar-refractivity contribution in [1.82, 2.24) is 14.5 Å². The largest absolute Gasteiger partial charge is 0.304 e. The summed E-state index contributed by atoms with van der Waals surface area (Å²) in [6, 6.07) is 3.17. The van der Waals surface area contributed by atoms with Gasteiger partial charge in [-0.2, -0.15) is 4.39 Å². The molecule has 3 nitrogen and oxygen atoms in total. The number of aryl methyl sites for hydroxylation is 1. The van der Waals surface area contributed by atoms with Crippen LogP contribution in [0.15, 0.2) is 30.7 Å². The zero-order valence-electron chi connectivity index (χ0n) is 8.52. The molecule has 2 aromatic heterocycles. The molecule has 0 aliphatic heterocycles. The summed E-state index contributed by atoms with van der Waals surface area (Å²) in [5, 5.41) is 0. The summed E-state index contributed by atoms with van der Waals surface area (Å²) in [7, 11) is 0. The van der Waals surface area contributed by atoms with Gasteiger partial charge in [0.1, 0.15) is 5.82 Å². The van der Waals surface area contributed by atoms with Gasteiger partial charge in [0.15, 0.2) is 0 Å². The van der Waals surface area contributed by atoms with Crippen LogP contribution in [-0.2, 0) is 6.42 Å². The minimum atomic E-state index is -0.469. The summed E-state index contributed by atoms with van der Waals surface area (Å²) < 4.78 is 14.8. The second kappa shape index (κ2) is 4.21. The first kappa shape index (κ1) is 9.83. The van der Waals surface area contributed by atoms with E-state index in [0.717, 1.165) is 24.4 Å². The van der Waals surface area contributed by atoms with Crippen molar-refractivity contribution < 1.29 is 4.39 Å². The van der Waals surface area contributed by atoms with Gasteiger partial charge in [-0.25, -0.2) is 9.97 Å². The van der Waals surface area contributed by atoms with E-state index in [0.29, 0.717) is 0 Å². The summed E-state index contributed by atoms with van der Waals surface area (Å²) in [5.41, 5.74) is 0.767. The van der Waals surface area contributed by atoms with Crippen molar-refractivity contribution >= 4 is 0 Å². The number of aromatic nitrogens is 3. The number of rotatable bonds is 3. The molecule has 0 atom stereocenters. The Kier molecular flexibility index (Phi) is 2.76. The maximum atomic E-state index is 12.9. The van der Waals surface area contributed by atoms with E-state index in [1.165, 1.54) is 12.3 Å². The first-order valence-electron chi connectivity index (χ1n) is 4.95. The maximum Gasteiger partial charge on any atom is 0.214 e. The fourth-order valence-electron chi connectivity index (χ4n) is 1.52. The second-order valence-electron chi connectivity index (χ2n) is 3.30. The third-order valence-electron chi connectivity index (χ3n) is 2.18. The Morgan fingerprint density at radius 2 is 2.20 bits per heavy atom. The number of hydrogen-bond donors (Lipinski definition) is 0. The molecule has 0 unspecified atom stereocenters. The van der Waals surface area contributed by atoms with Crippen molar-refractivity contribution in [3.05, 3.63) is 42.5 Å². The minimum absolute atomic E-state index is 0.469. The molecule has 0 amide bonds. The van der Waals surface area contributed by atoms with Crippen LogP contribution in [0.3, 0.4) is 0 Å². The topological polar surface area (TPSA) is 30.7 Å². The normalized spacial score (nSPS) is 10.5. The molecule has 2 aromatic rings. The maximum absolute atomic E-state index is 12.9. The van der Waals surface area contributed by atoms with Crippen LogP contribution < -0.4 is 0 Å². The molecule has 15 heavy (non-hydrogen) atoms.